The summed E-state index contributed by atoms with van der Waals surface area (Å²) >= 11 is 0. The van der Waals surface area contributed by atoms with Crippen LogP contribution in [0.25, 0.3) is 11.0 Å². The number of nitrogens with one attached hydrogen (secondary N) is 3. The number of anilines is 4. The molecule has 5 aromatic rings. The Morgan fingerprint density at radius 2 is 1.75 bits per heavy atom. The topological polar surface area (TPSA) is 218 Å². The van der Waals surface area contributed by atoms with E-state index in [2.05, 4.69) is 72.8 Å². The molecule has 5 fully saturated rings. The van der Waals surface area contributed by atoms with E-state index < -0.39 is 43.1 Å². The molecule has 6 aliphatic rings. The first-order valence-corrected chi connectivity index (χ1v) is 27.1. The Morgan fingerprint density at radius 1 is 0.972 bits per heavy atom. The number of fused-ring (bicyclic) bond motifs is 3. The minimum Gasteiger partial charge on any atom is -0.468 e. The average Bonchev–Trinajstić information content (AvgIpc) is 3.83. The highest BCUT2D eigenvalue weighted by Gasteiger charge is 2.50. The van der Waals surface area contributed by atoms with Crippen LogP contribution in [-0.2, 0) is 19.5 Å². The number of nitrogens with zero attached hydrogens (tertiary/aromatic N) is 6. The Kier molecular flexibility index (Phi) is 12.9. The van der Waals surface area contributed by atoms with E-state index in [4.69, 9.17) is 19.2 Å². The summed E-state index contributed by atoms with van der Waals surface area (Å²) in [6, 6.07) is 19.6. The predicted octanol–water partition coefficient (Wildman–Crippen LogP) is 7.97. The fourth-order valence-electron chi connectivity index (χ4n) is 12.4. The summed E-state index contributed by atoms with van der Waals surface area (Å²) in [6.07, 6.45) is 9.97. The van der Waals surface area contributed by atoms with Crippen molar-refractivity contribution < 1.29 is 37.5 Å². The number of carbonyl (C=O) groups excluding carboxylic acids is 1. The summed E-state index contributed by atoms with van der Waals surface area (Å²) in [5.74, 6) is -0.0344. The fourth-order valence-corrected chi connectivity index (χ4v) is 13.3. The monoisotopic (exact) mass is 1000 g/mol. The molecule has 3 aromatic heterocycles. The minimum atomic E-state index is -4.68. The highest BCUT2D eigenvalue weighted by molar-refractivity contribution is 7.90. The smallest absolute Gasteiger partial charge is 0.312 e. The van der Waals surface area contributed by atoms with E-state index in [0.717, 1.165) is 88.1 Å². The second kappa shape index (κ2) is 19.2. The van der Waals surface area contributed by atoms with Gasteiger partial charge in [0.15, 0.2) is 0 Å². The van der Waals surface area contributed by atoms with Crippen LogP contribution in [0.15, 0.2) is 78.0 Å². The van der Waals surface area contributed by atoms with Crippen molar-refractivity contribution in [3.05, 3.63) is 99.9 Å². The number of pyridine rings is 2. The van der Waals surface area contributed by atoms with Gasteiger partial charge in [0.25, 0.3) is 15.9 Å². The maximum atomic E-state index is 14.7. The molecule has 0 radical (unpaired) electrons. The number of sulfonamides is 1. The van der Waals surface area contributed by atoms with Gasteiger partial charge in [-0.1, -0.05) is 38.1 Å². The molecule has 19 heteroatoms. The molecule has 1 spiro atoms. The number of H-pyrrole nitrogens is 1. The molecule has 3 saturated heterocycles. The van der Waals surface area contributed by atoms with E-state index in [1.807, 2.05) is 24.3 Å². The van der Waals surface area contributed by atoms with Crippen molar-refractivity contribution >= 4 is 55.5 Å². The Bertz CT molecular complexity index is 2960. The van der Waals surface area contributed by atoms with Crippen LogP contribution in [0.5, 0.6) is 5.88 Å². The molecule has 0 bridgehead atoms. The molecule has 3 atom stereocenters. The number of carbonyl (C=O) groups is 1. The average molecular weight is 1000 g/mol. The summed E-state index contributed by atoms with van der Waals surface area (Å²) in [7, 11) is -4.68. The standard InChI is InChI=1S/C53H65N9O9S/c1-33(2)39-6-4-5-7-40(39)46-31-70-23-21-60(46)37-27-53(28-37)16-19-59(20-17-53)36-8-9-41(43(25-36)61-42-13-22-69-32-47(42)71-51-45(61)24-35-12-18-54-48(35)57-51)50(63)58-72(67,68)38-26-44(62(65)66)49(56-30-38)55-29-34-10-14-52(3,64)15-11-34/h4-9,12,18,24-26,30,33-34,37,42,46-47,64H,10-11,13-17,19-23,27-29,31-32H2,1-3H3,(H,54,57)(H,55,56)(H,58,63)/t34-,42-,46-,47-,52-/m0/s1. The second-order valence-electron chi connectivity index (χ2n) is 21.6. The van der Waals surface area contributed by atoms with Crippen LogP contribution in [0.2, 0.25) is 0 Å². The maximum Gasteiger partial charge on any atom is 0.312 e. The van der Waals surface area contributed by atoms with Gasteiger partial charge in [0.2, 0.25) is 11.7 Å². The zero-order valence-corrected chi connectivity index (χ0v) is 42.0. The number of aromatic nitrogens is 3. The van der Waals surface area contributed by atoms with Crippen molar-refractivity contribution in [3.63, 3.8) is 0 Å². The molecule has 4 aliphatic heterocycles. The Balaban J connectivity index is 0.864. The molecule has 2 aromatic carbocycles. The van der Waals surface area contributed by atoms with E-state index >= 15 is 0 Å². The van der Waals surface area contributed by atoms with Crippen LogP contribution in [0.3, 0.4) is 0 Å². The fraction of sp³-hybridized carbons (Fsp3) is 0.528. The van der Waals surface area contributed by atoms with Gasteiger partial charge in [-0.15, -0.1) is 0 Å². The van der Waals surface area contributed by atoms with Gasteiger partial charge in [-0.25, -0.2) is 18.1 Å². The van der Waals surface area contributed by atoms with Gasteiger partial charge < -0.3 is 39.4 Å². The number of amides is 1. The lowest BCUT2D eigenvalue weighted by molar-refractivity contribution is -0.384. The summed E-state index contributed by atoms with van der Waals surface area (Å²) in [6.45, 7) is 11.5. The number of morpholine rings is 1. The quantitative estimate of drug-likeness (QED) is 0.0688. The molecule has 7 heterocycles. The number of hydrogen-bond acceptors (Lipinski definition) is 15. The van der Waals surface area contributed by atoms with Gasteiger partial charge in [0, 0.05) is 62.2 Å². The van der Waals surface area contributed by atoms with Crippen molar-refractivity contribution in [2.75, 3.05) is 67.7 Å². The molecule has 11 rings (SSSR count). The van der Waals surface area contributed by atoms with Gasteiger partial charge in [0.1, 0.15) is 22.3 Å². The first-order chi connectivity index (χ1) is 34.6. The number of benzene rings is 2. The molecular formula is C53H65N9O9S. The minimum absolute atomic E-state index is 0.0719. The van der Waals surface area contributed by atoms with E-state index in [9.17, 15) is 28.4 Å². The van der Waals surface area contributed by atoms with Gasteiger partial charge in [-0.2, -0.15) is 4.98 Å². The highest BCUT2D eigenvalue weighted by Crippen LogP contribution is 2.54. The van der Waals surface area contributed by atoms with E-state index in [1.165, 1.54) is 11.1 Å². The van der Waals surface area contributed by atoms with Gasteiger partial charge >= 0.3 is 5.69 Å². The molecule has 18 nitrogen and oxygen atoms in total. The number of rotatable bonds is 12. The van der Waals surface area contributed by atoms with Crippen LogP contribution >= 0.6 is 0 Å². The van der Waals surface area contributed by atoms with Crippen molar-refractivity contribution in [1.29, 1.82) is 0 Å². The van der Waals surface area contributed by atoms with Gasteiger partial charge in [-0.05, 0) is 123 Å². The van der Waals surface area contributed by atoms with E-state index in [1.54, 1.807) is 19.2 Å². The van der Waals surface area contributed by atoms with Crippen LogP contribution in [0, 0.1) is 21.4 Å². The van der Waals surface area contributed by atoms with E-state index in [0.29, 0.717) is 80.5 Å². The molecule has 4 N–H and O–H groups in total. The third kappa shape index (κ3) is 9.38. The third-order valence-corrected chi connectivity index (χ3v) is 17.8. The molecular weight excluding hydrogens is 939 g/mol. The summed E-state index contributed by atoms with van der Waals surface area (Å²) < 4.78 is 49.0. The molecule has 2 aliphatic carbocycles. The number of nitro groups is 1. The zero-order valence-electron chi connectivity index (χ0n) is 41.2. The summed E-state index contributed by atoms with van der Waals surface area (Å²) in [5, 5.41) is 26.6. The van der Waals surface area contributed by atoms with E-state index in [-0.39, 0.29) is 34.8 Å². The molecule has 1 amide bonds. The Hall–Kier alpha value is -5.86. The maximum absolute atomic E-state index is 14.7. The van der Waals surface area contributed by atoms with Crippen LogP contribution in [-0.4, -0.2) is 121 Å². The van der Waals surface area contributed by atoms with Crippen LogP contribution in [0.1, 0.15) is 112 Å². The van der Waals surface area contributed by atoms with Crippen LogP contribution < -0.4 is 24.6 Å². The van der Waals surface area contributed by atoms with Crippen molar-refractivity contribution in [3.8, 4) is 5.88 Å². The number of piperidine rings is 1. The number of aliphatic hydroxyl groups is 1. The third-order valence-electron chi connectivity index (χ3n) is 16.5. The molecule has 382 valence electrons. The summed E-state index contributed by atoms with van der Waals surface area (Å²) in [4.78, 5) is 45.1. The van der Waals surface area contributed by atoms with Gasteiger partial charge in [0.05, 0.1) is 59.9 Å². The predicted molar refractivity (Wildman–Crippen MR) is 273 cm³/mol. The van der Waals surface area contributed by atoms with Crippen molar-refractivity contribution in [2.45, 2.75) is 119 Å². The first kappa shape index (κ1) is 48.4. The largest absolute Gasteiger partial charge is 0.468 e. The van der Waals surface area contributed by atoms with Gasteiger partial charge in [-0.3, -0.25) is 19.8 Å². The molecule has 2 saturated carbocycles. The highest BCUT2D eigenvalue weighted by atomic mass is 32.2. The number of ether oxygens (including phenoxy) is 3. The second-order valence-corrected chi connectivity index (χ2v) is 23.3. The lowest BCUT2D eigenvalue weighted by Crippen LogP contribution is -2.58. The zero-order chi connectivity index (χ0) is 49.9. The normalized spacial score (nSPS) is 25.6. The number of aromatic amines is 1. The van der Waals surface area contributed by atoms with Crippen molar-refractivity contribution in [2.24, 2.45) is 11.3 Å². The lowest BCUT2D eigenvalue weighted by atomic mass is 9.59. The Labute approximate surface area is 420 Å². The van der Waals surface area contributed by atoms with Crippen molar-refractivity contribution in [1.82, 2.24) is 24.6 Å². The van der Waals surface area contributed by atoms with Crippen LogP contribution in [0.4, 0.5) is 28.6 Å². The Morgan fingerprint density at radius 3 is 2.53 bits per heavy atom. The first-order valence-electron chi connectivity index (χ1n) is 25.7. The molecule has 72 heavy (non-hydrogen) atoms. The molecule has 0 unspecified atom stereocenters. The lowest BCUT2D eigenvalue weighted by Gasteiger charge is -2.57. The number of hydrogen-bond donors (Lipinski definition) is 4. The summed E-state index contributed by atoms with van der Waals surface area (Å²) in [5.41, 5.74) is 4.49. The SMILES string of the molecule is CC(C)c1ccccc1[C@@H]1COCCN1C1CC2(CCN(c3ccc(C(=O)NS(=O)(=O)c4cnc(NC[C@H]5CC[C@](C)(O)CC5)c([N+](=O)[O-])c4)c(N4c5cc6cc[nH]c6nc5O[C@H]5COCC[C@@H]54)c3)CC2)C1.